The zero-order valence-corrected chi connectivity index (χ0v) is 15.7. The molecule has 140 valence electrons. The second kappa shape index (κ2) is 7.00. The molecule has 1 aliphatic heterocycles. The van der Waals surface area contributed by atoms with Crippen LogP contribution in [0, 0.1) is 5.92 Å². The predicted molar refractivity (Wildman–Crippen MR) is 103 cm³/mol. The molecule has 1 atom stereocenters. The van der Waals surface area contributed by atoms with E-state index in [4.69, 9.17) is 4.74 Å². The normalized spacial score (nSPS) is 16.1. The third-order valence-electron chi connectivity index (χ3n) is 4.97. The van der Waals surface area contributed by atoms with Crippen molar-refractivity contribution in [2.45, 2.75) is 13.0 Å². The molecule has 2 aromatic heterocycles. The van der Waals surface area contributed by atoms with Crippen LogP contribution in [0.4, 0.5) is 0 Å². The fourth-order valence-electron chi connectivity index (χ4n) is 3.40. The number of hydrogen-bond donors (Lipinski definition) is 2. The van der Waals surface area contributed by atoms with Crippen LogP contribution in [0.5, 0.6) is 5.88 Å². The molecule has 1 fully saturated rings. The van der Waals surface area contributed by atoms with E-state index in [2.05, 4.69) is 25.2 Å². The fraction of sp³-hybridized carbons (Fsp3) is 0.350. The Kier molecular flexibility index (Phi) is 4.53. The molecule has 2 N–H and O–H groups in total. The summed E-state index contributed by atoms with van der Waals surface area (Å²) in [6.07, 6.45) is 1.75. The van der Waals surface area contributed by atoms with Gasteiger partial charge >= 0.3 is 0 Å². The van der Waals surface area contributed by atoms with E-state index in [9.17, 15) is 4.79 Å². The number of nitrogens with zero attached hydrogens (tertiary/aromatic N) is 3. The van der Waals surface area contributed by atoms with Gasteiger partial charge in [-0.05, 0) is 26.1 Å². The number of aromatic amines is 1. The van der Waals surface area contributed by atoms with Crippen LogP contribution in [-0.4, -0.2) is 53.0 Å². The number of H-pyrrole nitrogens is 1. The number of pyridine rings is 1. The molecule has 3 aromatic rings. The van der Waals surface area contributed by atoms with Crippen molar-refractivity contribution < 1.29 is 9.53 Å². The minimum Gasteiger partial charge on any atom is -0.480 e. The number of imidazole rings is 1. The lowest BCUT2D eigenvalue weighted by molar-refractivity contribution is -0.130. The molecule has 7 nitrogen and oxygen atoms in total. The maximum absolute atomic E-state index is 12.3. The van der Waals surface area contributed by atoms with Gasteiger partial charge in [0, 0.05) is 18.5 Å². The van der Waals surface area contributed by atoms with E-state index in [0.717, 1.165) is 35.2 Å². The molecular weight excluding hydrogens is 342 g/mol. The lowest BCUT2D eigenvalue weighted by Crippen LogP contribution is -2.51. The summed E-state index contributed by atoms with van der Waals surface area (Å²) < 4.78 is 5.47. The van der Waals surface area contributed by atoms with E-state index in [1.54, 1.807) is 13.3 Å². The zero-order valence-electron chi connectivity index (χ0n) is 15.7. The monoisotopic (exact) mass is 365 g/mol. The number of amides is 1. The minimum atomic E-state index is -0.198. The maximum Gasteiger partial charge on any atom is 0.226 e. The van der Waals surface area contributed by atoms with Crippen molar-refractivity contribution >= 4 is 16.8 Å². The second-order valence-electron chi connectivity index (χ2n) is 7.07. The molecule has 0 saturated carbocycles. The third-order valence-corrected chi connectivity index (χ3v) is 4.97. The molecule has 3 heterocycles. The molecule has 27 heavy (non-hydrogen) atoms. The van der Waals surface area contributed by atoms with Crippen LogP contribution in [0.15, 0.2) is 36.5 Å². The van der Waals surface area contributed by atoms with Crippen LogP contribution in [0.25, 0.3) is 22.2 Å². The van der Waals surface area contributed by atoms with Crippen LogP contribution in [0.3, 0.4) is 0 Å². The number of para-hydroxylation sites is 1. The van der Waals surface area contributed by atoms with Gasteiger partial charge in [-0.25, -0.2) is 9.97 Å². The van der Waals surface area contributed by atoms with Gasteiger partial charge in [-0.1, -0.05) is 18.2 Å². The first-order valence-electron chi connectivity index (χ1n) is 9.03. The summed E-state index contributed by atoms with van der Waals surface area (Å²) in [5, 5.41) is 4.06. The molecule has 0 spiro atoms. The lowest BCUT2D eigenvalue weighted by Gasteiger charge is -2.35. The Morgan fingerprint density at radius 1 is 1.37 bits per heavy atom. The number of benzene rings is 1. The Hall–Kier alpha value is -2.93. The Morgan fingerprint density at radius 3 is 2.89 bits per heavy atom. The van der Waals surface area contributed by atoms with E-state index in [1.165, 1.54) is 0 Å². The Labute approximate surface area is 157 Å². The molecule has 4 rings (SSSR count). The third kappa shape index (κ3) is 3.38. The molecule has 1 amide bonds. The van der Waals surface area contributed by atoms with Gasteiger partial charge in [-0.2, -0.15) is 0 Å². The first-order chi connectivity index (χ1) is 13.0. The van der Waals surface area contributed by atoms with E-state index in [0.29, 0.717) is 11.7 Å². The largest absolute Gasteiger partial charge is 0.480 e. The smallest absolute Gasteiger partial charge is 0.226 e. The Morgan fingerprint density at radius 2 is 2.15 bits per heavy atom. The highest BCUT2D eigenvalue weighted by Gasteiger charge is 2.31. The minimum absolute atomic E-state index is 0.0664. The number of carbonyl (C=O) groups excluding carboxylic acids is 1. The molecule has 1 aliphatic rings. The van der Waals surface area contributed by atoms with Crippen LogP contribution < -0.4 is 10.1 Å². The topological polar surface area (TPSA) is 83.1 Å². The molecule has 0 radical (unpaired) electrons. The van der Waals surface area contributed by atoms with E-state index >= 15 is 0 Å². The van der Waals surface area contributed by atoms with Gasteiger partial charge in [-0.3, -0.25) is 4.79 Å². The summed E-state index contributed by atoms with van der Waals surface area (Å²) in [6.45, 7) is 3.54. The van der Waals surface area contributed by atoms with Crippen molar-refractivity contribution in [2.75, 3.05) is 27.2 Å². The van der Waals surface area contributed by atoms with Crippen molar-refractivity contribution in [3.8, 4) is 17.1 Å². The second-order valence-corrected chi connectivity index (χ2v) is 7.07. The summed E-state index contributed by atoms with van der Waals surface area (Å²) in [5.74, 6) is 1.39. The van der Waals surface area contributed by atoms with Crippen molar-refractivity contribution in [2.24, 2.45) is 5.92 Å². The average Bonchev–Trinajstić information content (AvgIpc) is 3.14. The van der Waals surface area contributed by atoms with Gasteiger partial charge in [0.1, 0.15) is 5.82 Å². The number of fused-ring (bicyclic) bond motifs is 1. The Balaban J connectivity index is 1.57. The summed E-state index contributed by atoms with van der Waals surface area (Å²) in [4.78, 5) is 26.7. The number of ether oxygens (including phenoxy) is 1. The van der Waals surface area contributed by atoms with Crippen LogP contribution in [-0.2, 0) is 4.79 Å². The number of aromatic nitrogens is 3. The van der Waals surface area contributed by atoms with E-state index in [1.807, 2.05) is 44.3 Å². The quantitative estimate of drug-likeness (QED) is 0.725. The van der Waals surface area contributed by atoms with Gasteiger partial charge in [0.25, 0.3) is 0 Å². The standard InChI is InChI=1S/C20H23N5O2/c1-12(22-19(26)14-10-25(2)11-14)18-21-9-17(23-18)15-8-13-6-4-5-7-16(13)24-20(15)27-3/h4-9,12,14H,10-11H2,1-3H3,(H,21,23)(H,22,26)/t12-/m0/s1. The highest BCUT2D eigenvalue weighted by molar-refractivity contribution is 5.85. The summed E-state index contributed by atoms with van der Waals surface area (Å²) >= 11 is 0. The van der Waals surface area contributed by atoms with Crippen molar-refractivity contribution in [3.05, 3.63) is 42.4 Å². The first-order valence-corrected chi connectivity index (χ1v) is 9.03. The highest BCUT2D eigenvalue weighted by atomic mass is 16.5. The van der Waals surface area contributed by atoms with Gasteiger partial charge in [0.05, 0.1) is 42.0 Å². The maximum atomic E-state index is 12.3. The molecule has 7 heteroatoms. The Bertz CT molecular complexity index is 977. The van der Waals surface area contributed by atoms with E-state index in [-0.39, 0.29) is 17.9 Å². The lowest BCUT2D eigenvalue weighted by atomic mass is 10.00. The molecule has 1 aromatic carbocycles. The molecule has 0 bridgehead atoms. The SMILES string of the molecule is COc1nc2ccccc2cc1-c1cnc([C@H](C)NC(=O)C2CN(C)C2)[nH]1. The number of likely N-dealkylation sites (tertiary alicyclic amines) is 1. The number of hydrogen-bond acceptors (Lipinski definition) is 5. The highest BCUT2D eigenvalue weighted by Crippen LogP contribution is 2.31. The van der Waals surface area contributed by atoms with Gasteiger partial charge < -0.3 is 19.9 Å². The van der Waals surface area contributed by atoms with Crippen molar-refractivity contribution in [3.63, 3.8) is 0 Å². The molecule has 0 aliphatic carbocycles. The number of carbonyl (C=O) groups is 1. The summed E-state index contributed by atoms with van der Waals surface area (Å²) in [5.41, 5.74) is 2.53. The van der Waals surface area contributed by atoms with Gasteiger partial charge in [-0.15, -0.1) is 0 Å². The zero-order chi connectivity index (χ0) is 19.0. The molecule has 0 unspecified atom stereocenters. The van der Waals surface area contributed by atoms with Crippen LogP contribution in [0.2, 0.25) is 0 Å². The number of nitrogens with one attached hydrogen (secondary N) is 2. The van der Waals surface area contributed by atoms with Gasteiger partial charge in [0.2, 0.25) is 11.8 Å². The predicted octanol–water partition coefficient (Wildman–Crippen LogP) is 2.37. The van der Waals surface area contributed by atoms with E-state index < -0.39 is 0 Å². The first kappa shape index (κ1) is 17.5. The molecular formula is C20H23N5O2. The fourth-order valence-corrected chi connectivity index (χ4v) is 3.40. The van der Waals surface area contributed by atoms with Crippen molar-refractivity contribution in [1.82, 2.24) is 25.2 Å². The van der Waals surface area contributed by atoms with Crippen molar-refractivity contribution in [1.29, 1.82) is 0 Å². The average molecular weight is 365 g/mol. The molecule has 1 saturated heterocycles. The van der Waals surface area contributed by atoms with Crippen LogP contribution in [0.1, 0.15) is 18.8 Å². The van der Waals surface area contributed by atoms with Gasteiger partial charge in [0.15, 0.2) is 0 Å². The summed E-state index contributed by atoms with van der Waals surface area (Å²) in [6, 6.07) is 9.74. The number of rotatable bonds is 5. The van der Waals surface area contributed by atoms with Crippen LogP contribution >= 0.6 is 0 Å². The summed E-state index contributed by atoms with van der Waals surface area (Å²) in [7, 11) is 3.62. The number of methoxy groups -OCH3 is 1.